The van der Waals surface area contributed by atoms with E-state index in [1.165, 1.54) is 18.6 Å². The second-order valence-corrected chi connectivity index (χ2v) is 6.21. The van der Waals surface area contributed by atoms with Crippen molar-refractivity contribution in [2.75, 3.05) is 32.7 Å². The number of rotatable bonds is 5. The quantitative estimate of drug-likeness (QED) is 0.833. The maximum atomic E-state index is 12.9. The predicted molar refractivity (Wildman–Crippen MR) is 82.6 cm³/mol. The summed E-state index contributed by atoms with van der Waals surface area (Å²) in [5.41, 5.74) is 0.878. The highest BCUT2D eigenvalue weighted by molar-refractivity contribution is 5.78. The molecule has 2 rings (SSSR count). The van der Waals surface area contributed by atoms with Crippen LogP contribution in [0, 0.1) is 11.7 Å². The van der Waals surface area contributed by atoms with E-state index < -0.39 is 0 Å². The zero-order valence-electron chi connectivity index (χ0n) is 13.0. The SMILES string of the molecule is CC(C)CCN1CCN(C(=O)Cc2ccc(F)cc2)CC1. The Morgan fingerprint density at radius 2 is 1.76 bits per heavy atom. The van der Waals surface area contributed by atoms with E-state index in [1.54, 1.807) is 12.1 Å². The lowest BCUT2D eigenvalue weighted by Crippen LogP contribution is -2.49. The van der Waals surface area contributed by atoms with Crippen molar-refractivity contribution < 1.29 is 9.18 Å². The van der Waals surface area contributed by atoms with Gasteiger partial charge in [0.25, 0.3) is 0 Å². The Morgan fingerprint density at radius 1 is 1.14 bits per heavy atom. The van der Waals surface area contributed by atoms with Gasteiger partial charge in [-0.1, -0.05) is 26.0 Å². The minimum atomic E-state index is -0.259. The van der Waals surface area contributed by atoms with Crippen LogP contribution in [0.1, 0.15) is 25.8 Å². The van der Waals surface area contributed by atoms with E-state index in [0.29, 0.717) is 6.42 Å². The molecular weight excluding hydrogens is 267 g/mol. The Bertz CT molecular complexity index is 450. The lowest BCUT2D eigenvalue weighted by molar-refractivity contribution is -0.132. The maximum Gasteiger partial charge on any atom is 0.227 e. The fourth-order valence-electron chi connectivity index (χ4n) is 2.55. The number of carbonyl (C=O) groups is 1. The molecular formula is C17H25FN2O. The van der Waals surface area contributed by atoms with Crippen molar-refractivity contribution in [1.82, 2.24) is 9.80 Å². The van der Waals surface area contributed by atoms with Gasteiger partial charge in [-0.25, -0.2) is 4.39 Å². The van der Waals surface area contributed by atoms with Crippen molar-refractivity contribution >= 4 is 5.91 Å². The van der Waals surface area contributed by atoms with Gasteiger partial charge < -0.3 is 4.90 Å². The Balaban J connectivity index is 1.76. The number of carbonyl (C=O) groups excluding carboxylic acids is 1. The summed E-state index contributed by atoms with van der Waals surface area (Å²) in [5.74, 6) is 0.609. The normalized spacial score (nSPS) is 16.5. The highest BCUT2D eigenvalue weighted by Gasteiger charge is 2.20. The van der Waals surface area contributed by atoms with Gasteiger partial charge in [-0.15, -0.1) is 0 Å². The minimum Gasteiger partial charge on any atom is -0.340 e. The molecule has 1 aliphatic heterocycles. The first-order valence-electron chi connectivity index (χ1n) is 7.79. The molecule has 0 aliphatic carbocycles. The summed E-state index contributed by atoms with van der Waals surface area (Å²) in [6.45, 7) is 9.13. The smallest absolute Gasteiger partial charge is 0.227 e. The van der Waals surface area contributed by atoms with Crippen LogP contribution in [0.3, 0.4) is 0 Å². The summed E-state index contributed by atoms with van der Waals surface area (Å²) in [4.78, 5) is 16.6. The molecule has 116 valence electrons. The molecule has 0 bridgehead atoms. The van der Waals surface area contributed by atoms with Crippen LogP contribution in [0.5, 0.6) is 0 Å². The molecule has 1 aromatic rings. The van der Waals surface area contributed by atoms with Crippen LogP contribution in [0.15, 0.2) is 24.3 Å². The molecule has 0 N–H and O–H groups in total. The van der Waals surface area contributed by atoms with Crippen molar-refractivity contribution in [1.29, 1.82) is 0 Å². The molecule has 1 aliphatic rings. The number of amides is 1. The van der Waals surface area contributed by atoms with Gasteiger partial charge in [0, 0.05) is 26.2 Å². The molecule has 1 saturated heterocycles. The lowest BCUT2D eigenvalue weighted by Gasteiger charge is -2.35. The van der Waals surface area contributed by atoms with Crippen LogP contribution in [0.2, 0.25) is 0 Å². The van der Waals surface area contributed by atoms with Gasteiger partial charge in [-0.3, -0.25) is 9.69 Å². The Labute approximate surface area is 126 Å². The largest absolute Gasteiger partial charge is 0.340 e. The number of piperazine rings is 1. The van der Waals surface area contributed by atoms with Crippen LogP contribution in [-0.4, -0.2) is 48.4 Å². The Hall–Kier alpha value is -1.42. The number of nitrogens with zero attached hydrogens (tertiary/aromatic N) is 2. The van der Waals surface area contributed by atoms with Gasteiger partial charge >= 0.3 is 0 Å². The van der Waals surface area contributed by atoms with E-state index in [-0.39, 0.29) is 11.7 Å². The first-order valence-corrected chi connectivity index (χ1v) is 7.79. The summed E-state index contributed by atoms with van der Waals surface area (Å²) in [6, 6.07) is 6.19. The second kappa shape index (κ2) is 7.55. The summed E-state index contributed by atoms with van der Waals surface area (Å²) >= 11 is 0. The molecule has 1 fully saturated rings. The third kappa shape index (κ3) is 5.12. The van der Waals surface area contributed by atoms with Crippen molar-refractivity contribution in [3.63, 3.8) is 0 Å². The predicted octanol–water partition coefficient (Wildman–Crippen LogP) is 2.56. The van der Waals surface area contributed by atoms with Gasteiger partial charge in [0.15, 0.2) is 0 Å². The molecule has 0 aromatic heterocycles. The molecule has 0 unspecified atom stereocenters. The van der Waals surface area contributed by atoms with Crippen molar-refractivity contribution in [2.24, 2.45) is 5.92 Å². The van der Waals surface area contributed by atoms with Crippen molar-refractivity contribution in [2.45, 2.75) is 26.7 Å². The van der Waals surface area contributed by atoms with Crippen molar-refractivity contribution in [3.05, 3.63) is 35.6 Å². The van der Waals surface area contributed by atoms with E-state index >= 15 is 0 Å². The molecule has 3 nitrogen and oxygen atoms in total. The van der Waals surface area contributed by atoms with Crippen LogP contribution < -0.4 is 0 Å². The molecule has 0 spiro atoms. The van der Waals surface area contributed by atoms with Crippen molar-refractivity contribution in [3.8, 4) is 0 Å². The monoisotopic (exact) mass is 292 g/mol. The highest BCUT2D eigenvalue weighted by Crippen LogP contribution is 2.09. The van der Waals surface area contributed by atoms with E-state index in [0.717, 1.165) is 44.2 Å². The topological polar surface area (TPSA) is 23.6 Å². The molecule has 1 heterocycles. The Morgan fingerprint density at radius 3 is 2.33 bits per heavy atom. The second-order valence-electron chi connectivity index (χ2n) is 6.21. The maximum absolute atomic E-state index is 12.9. The average molecular weight is 292 g/mol. The summed E-state index contributed by atoms with van der Waals surface area (Å²) in [7, 11) is 0. The van der Waals surface area contributed by atoms with Gasteiger partial charge in [-0.2, -0.15) is 0 Å². The van der Waals surface area contributed by atoms with Crippen LogP contribution in [-0.2, 0) is 11.2 Å². The number of hydrogen-bond donors (Lipinski definition) is 0. The fraction of sp³-hybridized carbons (Fsp3) is 0.588. The fourth-order valence-corrected chi connectivity index (χ4v) is 2.55. The van der Waals surface area contributed by atoms with Crippen LogP contribution in [0.4, 0.5) is 4.39 Å². The molecule has 21 heavy (non-hydrogen) atoms. The Kier molecular flexibility index (Phi) is 5.74. The van der Waals surface area contributed by atoms with Gasteiger partial charge in [0.2, 0.25) is 5.91 Å². The first-order chi connectivity index (χ1) is 10.0. The molecule has 1 amide bonds. The molecule has 4 heteroatoms. The first kappa shape index (κ1) is 16.0. The zero-order valence-corrected chi connectivity index (χ0v) is 13.0. The van der Waals surface area contributed by atoms with E-state index in [1.807, 2.05) is 4.90 Å². The summed E-state index contributed by atoms with van der Waals surface area (Å²) < 4.78 is 12.9. The van der Waals surface area contributed by atoms with E-state index in [9.17, 15) is 9.18 Å². The van der Waals surface area contributed by atoms with E-state index in [4.69, 9.17) is 0 Å². The standard InChI is InChI=1S/C17H25FN2O/c1-14(2)7-8-19-9-11-20(12-10-19)17(21)13-15-3-5-16(18)6-4-15/h3-6,14H,7-13H2,1-2H3. The number of halogens is 1. The van der Waals surface area contributed by atoms with Crippen LogP contribution >= 0.6 is 0 Å². The lowest BCUT2D eigenvalue weighted by atomic mass is 10.1. The van der Waals surface area contributed by atoms with E-state index in [2.05, 4.69) is 18.7 Å². The summed E-state index contributed by atoms with van der Waals surface area (Å²) in [6.07, 6.45) is 1.58. The van der Waals surface area contributed by atoms with Gasteiger partial charge in [0.1, 0.15) is 5.82 Å². The molecule has 0 atom stereocenters. The molecule has 0 saturated carbocycles. The van der Waals surface area contributed by atoms with Gasteiger partial charge in [0.05, 0.1) is 6.42 Å². The average Bonchev–Trinajstić information content (AvgIpc) is 2.48. The zero-order chi connectivity index (χ0) is 15.2. The van der Waals surface area contributed by atoms with Crippen LogP contribution in [0.25, 0.3) is 0 Å². The highest BCUT2D eigenvalue weighted by atomic mass is 19.1. The van der Waals surface area contributed by atoms with Gasteiger partial charge in [-0.05, 0) is 36.6 Å². The molecule has 0 radical (unpaired) electrons. The third-order valence-corrected chi connectivity index (χ3v) is 4.02. The molecule has 1 aromatic carbocycles. The number of benzene rings is 1. The number of hydrogen-bond acceptors (Lipinski definition) is 2. The third-order valence-electron chi connectivity index (χ3n) is 4.02. The minimum absolute atomic E-state index is 0.144. The summed E-state index contributed by atoms with van der Waals surface area (Å²) in [5, 5.41) is 0.